The van der Waals surface area contributed by atoms with E-state index in [-0.39, 0.29) is 11.8 Å². The fourth-order valence-electron chi connectivity index (χ4n) is 4.26. The number of rotatable bonds is 7. The van der Waals surface area contributed by atoms with Gasteiger partial charge in [-0.1, -0.05) is 31.4 Å². The van der Waals surface area contributed by atoms with Gasteiger partial charge in [0, 0.05) is 49.2 Å². The maximum atomic E-state index is 13.2. The number of thiazole rings is 1. The number of aromatic nitrogens is 1. The van der Waals surface area contributed by atoms with E-state index in [0.717, 1.165) is 29.7 Å². The largest absolute Gasteiger partial charge is 0.355 e. The van der Waals surface area contributed by atoms with Crippen molar-refractivity contribution in [2.75, 3.05) is 43.4 Å². The molecule has 2 fully saturated rings. The predicted molar refractivity (Wildman–Crippen MR) is 127 cm³/mol. The van der Waals surface area contributed by atoms with Gasteiger partial charge in [-0.2, -0.15) is 0 Å². The molecule has 1 saturated heterocycles. The number of nitrogens with zero attached hydrogens (tertiary/aromatic N) is 3. The fourth-order valence-corrected chi connectivity index (χ4v) is 5.83. The minimum atomic E-state index is 0.0458. The Kier molecular flexibility index (Phi) is 7.86. The van der Waals surface area contributed by atoms with Gasteiger partial charge in [-0.05, 0) is 30.9 Å². The molecule has 4 rings (SSSR count). The molecule has 31 heavy (non-hydrogen) atoms. The number of hydrogen-bond acceptors (Lipinski definition) is 6. The van der Waals surface area contributed by atoms with Gasteiger partial charge in [0.25, 0.3) is 5.91 Å². The first-order valence-electron chi connectivity index (χ1n) is 11.1. The minimum Gasteiger partial charge on any atom is -0.355 e. The van der Waals surface area contributed by atoms with Crippen LogP contribution in [0.1, 0.15) is 42.5 Å². The highest BCUT2D eigenvalue weighted by Crippen LogP contribution is 2.26. The van der Waals surface area contributed by atoms with Crippen LogP contribution in [0, 0.1) is 5.92 Å². The number of carbonyl (C=O) groups excluding carboxylic acids is 2. The van der Waals surface area contributed by atoms with Crippen LogP contribution in [0.25, 0.3) is 0 Å². The molecule has 0 radical (unpaired) electrons. The van der Waals surface area contributed by atoms with Gasteiger partial charge in [-0.3, -0.25) is 9.59 Å². The number of thioether (sulfide) groups is 1. The lowest BCUT2D eigenvalue weighted by molar-refractivity contribution is -0.118. The molecule has 0 atom stereocenters. The SMILES string of the molecule is O=C(CSc1ccccc1C(=O)N1CCN(c2nccs2)CC1)NCC1CCCCC1. The van der Waals surface area contributed by atoms with Gasteiger partial charge in [-0.25, -0.2) is 4.98 Å². The lowest BCUT2D eigenvalue weighted by Gasteiger charge is -2.34. The smallest absolute Gasteiger partial charge is 0.255 e. The highest BCUT2D eigenvalue weighted by Gasteiger charge is 2.25. The molecule has 166 valence electrons. The average molecular weight is 459 g/mol. The molecule has 1 aliphatic carbocycles. The molecule has 1 aliphatic heterocycles. The second-order valence-corrected chi connectivity index (χ2v) is 10.1. The molecule has 2 amide bonds. The zero-order valence-corrected chi connectivity index (χ0v) is 19.4. The third-order valence-electron chi connectivity index (χ3n) is 6.05. The van der Waals surface area contributed by atoms with Crippen LogP contribution < -0.4 is 10.2 Å². The molecule has 1 aromatic heterocycles. The molecule has 6 nitrogen and oxygen atoms in total. The second kappa shape index (κ2) is 11.0. The van der Waals surface area contributed by atoms with Crippen molar-refractivity contribution >= 4 is 40.0 Å². The Bertz CT molecular complexity index is 860. The van der Waals surface area contributed by atoms with E-state index >= 15 is 0 Å². The molecular formula is C23H30N4O2S2. The molecule has 2 aliphatic rings. The predicted octanol–water partition coefficient (Wildman–Crippen LogP) is 3.89. The monoisotopic (exact) mass is 458 g/mol. The number of benzene rings is 1. The lowest BCUT2D eigenvalue weighted by Crippen LogP contribution is -2.48. The number of amides is 2. The van der Waals surface area contributed by atoms with Gasteiger partial charge >= 0.3 is 0 Å². The minimum absolute atomic E-state index is 0.0458. The third-order valence-corrected chi connectivity index (χ3v) is 7.95. The van der Waals surface area contributed by atoms with E-state index in [1.54, 1.807) is 11.3 Å². The van der Waals surface area contributed by atoms with Gasteiger partial charge in [0.1, 0.15) is 0 Å². The van der Waals surface area contributed by atoms with Crippen molar-refractivity contribution in [3.8, 4) is 0 Å². The van der Waals surface area contributed by atoms with Crippen LogP contribution in [0.2, 0.25) is 0 Å². The molecule has 8 heteroatoms. The van der Waals surface area contributed by atoms with Crippen LogP contribution in [0.15, 0.2) is 40.7 Å². The summed E-state index contributed by atoms with van der Waals surface area (Å²) in [5, 5.41) is 6.08. The molecule has 1 N–H and O–H groups in total. The van der Waals surface area contributed by atoms with Crippen LogP contribution in [0.3, 0.4) is 0 Å². The van der Waals surface area contributed by atoms with Crippen LogP contribution in [0.5, 0.6) is 0 Å². The van der Waals surface area contributed by atoms with Crippen molar-refractivity contribution < 1.29 is 9.59 Å². The van der Waals surface area contributed by atoms with Gasteiger partial charge in [0.05, 0.1) is 11.3 Å². The van der Waals surface area contributed by atoms with Crippen molar-refractivity contribution in [1.29, 1.82) is 0 Å². The summed E-state index contributed by atoms with van der Waals surface area (Å²) >= 11 is 3.08. The van der Waals surface area contributed by atoms with E-state index in [1.807, 2.05) is 40.7 Å². The quantitative estimate of drug-likeness (QED) is 0.638. The van der Waals surface area contributed by atoms with E-state index < -0.39 is 0 Å². The summed E-state index contributed by atoms with van der Waals surface area (Å²) in [6.07, 6.45) is 8.15. The van der Waals surface area contributed by atoms with Crippen LogP contribution in [-0.4, -0.2) is 60.2 Å². The van der Waals surface area contributed by atoms with Crippen molar-refractivity contribution in [1.82, 2.24) is 15.2 Å². The molecule has 1 aromatic carbocycles. The summed E-state index contributed by atoms with van der Waals surface area (Å²) in [6, 6.07) is 7.64. The topological polar surface area (TPSA) is 65.5 Å². The summed E-state index contributed by atoms with van der Waals surface area (Å²) in [4.78, 5) is 34.9. The highest BCUT2D eigenvalue weighted by molar-refractivity contribution is 8.00. The maximum Gasteiger partial charge on any atom is 0.255 e. The van der Waals surface area contributed by atoms with Crippen molar-refractivity contribution in [2.24, 2.45) is 5.92 Å². The molecule has 0 unspecified atom stereocenters. The molecule has 1 saturated carbocycles. The van der Waals surface area contributed by atoms with Crippen molar-refractivity contribution in [3.05, 3.63) is 41.4 Å². The lowest BCUT2D eigenvalue weighted by atomic mass is 9.89. The molecule has 0 spiro atoms. The highest BCUT2D eigenvalue weighted by atomic mass is 32.2. The molecular weight excluding hydrogens is 428 g/mol. The summed E-state index contributed by atoms with van der Waals surface area (Å²) < 4.78 is 0. The van der Waals surface area contributed by atoms with Crippen molar-refractivity contribution in [3.63, 3.8) is 0 Å². The normalized spacial score (nSPS) is 17.5. The maximum absolute atomic E-state index is 13.2. The summed E-state index contributed by atoms with van der Waals surface area (Å²) in [5.74, 6) is 1.06. The van der Waals surface area contributed by atoms with Gasteiger partial charge in [0.2, 0.25) is 5.91 Å². The zero-order chi connectivity index (χ0) is 21.5. The van der Waals surface area contributed by atoms with Crippen LogP contribution >= 0.6 is 23.1 Å². The van der Waals surface area contributed by atoms with Gasteiger partial charge in [-0.15, -0.1) is 23.1 Å². The Hall–Kier alpha value is -2.06. The van der Waals surface area contributed by atoms with Crippen LogP contribution in [0.4, 0.5) is 5.13 Å². The number of hydrogen-bond donors (Lipinski definition) is 1. The Morgan fingerprint density at radius 3 is 2.61 bits per heavy atom. The molecule has 2 heterocycles. The van der Waals surface area contributed by atoms with E-state index in [2.05, 4.69) is 15.2 Å². The van der Waals surface area contributed by atoms with E-state index in [0.29, 0.717) is 30.3 Å². The van der Waals surface area contributed by atoms with E-state index in [9.17, 15) is 9.59 Å². The Balaban J connectivity index is 1.28. The average Bonchev–Trinajstić information content (AvgIpc) is 3.37. The standard InChI is InChI=1S/C23H30N4O2S2/c28-21(25-16-18-6-2-1-3-7-18)17-31-20-9-5-4-8-19(20)22(29)26-11-13-27(14-12-26)23-24-10-15-30-23/h4-5,8-10,15,18H,1-3,6-7,11-14,16-17H2,(H,25,28). The summed E-state index contributed by atoms with van der Waals surface area (Å²) in [6.45, 7) is 3.72. The number of nitrogens with one attached hydrogen (secondary N) is 1. The number of carbonyl (C=O) groups is 2. The van der Waals surface area contributed by atoms with Gasteiger partial charge < -0.3 is 15.1 Å². The Morgan fingerprint density at radius 1 is 1.10 bits per heavy atom. The zero-order valence-electron chi connectivity index (χ0n) is 17.8. The Labute approximate surface area is 192 Å². The first kappa shape index (κ1) is 22.1. The number of anilines is 1. The molecule has 0 bridgehead atoms. The first-order valence-corrected chi connectivity index (χ1v) is 13.0. The third kappa shape index (κ3) is 6.01. The summed E-state index contributed by atoms with van der Waals surface area (Å²) in [7, 11) is 0. The van der Waals surface area contributed by atoms with E-state index in [4.69, 9.17) is 0 Å². The fraction of sp³-hybridized carbons (Fsp3) is 0.522. The Morgan fingerprint density at radius 2 is 1.87 bits per heavy atom. The number of piperazine rings is 1. The van der Waals surface area contributed by atoms with Crippen molar-refractivity contribution in [2.45, 2.75) is 37.0 Å². The molecule has 2 aromatic rings. The van der Waals surface area contributed by atoms with Crippen LogP contribution in [-0.2, 0) is 4.79 Å². The van der Waals surface area contributed by atoms with E-state index in [1.165, 1.54) is 43.9 Å². The second-order valence-electron chi connectivity index (χ2n) is 8.19. The van der Waals surface area contributed by atoms with Gasteiger partial charge in [0.15, 0.2) is 5.13 Å². The summed E-state index contributed by atoms with van der Waals surface area (Å²) in [5.41, 5.74) is 0.690. The first-order chi connectivity index (χ1) is 15.2.